The first-order chi connectivity index (χ1) is 11.9. The van der Waals surface area contributed by atoms with Gasteiger partial charge in [0, 0.05) is 16.7 Å². The van der Waals surface area contributed by atoms with Crippen molar-refractivity contribution in [3.63, 3.8) is 0 Å². The topological polar surface area (TPSA) is 86.4 Å². The summed E-state index contributed by atoms with van der Waals surface area (Å²) in [6.45, 7) is 0. The van der Waals surface area contributed by atoms with Crippen LogP contribution in [0.4, 0.5) is 0 Å². The number of primary amides is 1. The summed E-state index contributed by atoms with van der Waals surface area (Å²) < 4.78 is 0. The van der Waals surface area contributed by atoms with Crippen LogP contribution in [0.15, 0.2) is 36.4 Å². The van der Waals surface area contributed by atoms with Crippen molar-refractivity contribution >= 4 is 52.7 Å². The molecule has 0 aliphatic heterocycles. The van der Waals surface area contributed by atoms with Gasteiger partial charge >= 0.3 is 0 Å². The largest absolute Gasteiger partial charge is 0.618 e. The van der Waals surface area contributed by atoms with Crippen molar-refractivity contribution in [3.05, 3.63) is 58.1 Å². The molecule has 1 amide bonds. The van der Waals surface area contributed by atoms with Gasteiger partial charge in [-0.05, 0) is 37.0 Å². The molecule has 3 N–H and O–H groups in total. The molecule has 1 saturated carbocycles. The Kier molecular flexibility index (Phi) is 5.19. The van der Waals surface area contributed by atoms with Gasteiger partial charge in [-0.2, -0.15) is 0 Å². The minimum atomic E-state index is -2.15. The van der Waals surface area contributed by atoms with Crippen molar-refractivity contribution in [1.29, 1.82) is 0 Å². The lowest BCUT2D eigenvalue weighted by Gasteiger charge is -2.08. The molecule has 25 heavy (non-hydrogen) atoms. The summed E-state index contributed by atoms with van der Waals surface area (Å²) in [5.74, 6) is -0.528. The lowest BCUT2D eigenvalue weighted by molar-refractivity contribution is -0.149. The Balaban J connectivity index is 2.15. The molecule has 1 fully saturated rings. The Morgan fingerprint density at radius 1 is 1.24 bits per heavy atom. The van der Waals surface area contributed by atoms with E-state index in [4.69, 9.17) is 28.9 Å². The molecule has 1 aliphatic carbocycles. The molecule has 0 heterocycles. The number of benzene rings is 2. The molecule has 7 heteroatoms. The summed E-state index contributed by atoms with van der Waals surface area (Å²) >= 11 is 12.2. The molecular weight excluding hydrogens is 380 g/mol. The van der Waals surface area contributed by atoms with Gasteiger partial charge in [-0.3, -0.25) is 4.79 Å². The van der Waals surface area contributed by atoms with Crippen LogP contribution in [-0.2, 0) is 0 Å². The summed E-state index contributed by atoms with van der Waals surface area (Å²) in [6.07, 6.45) is 1.82. The van der Waals surface area contributed by atoms with Crippen LogP contribution in [0, 0.1) is 0 Å². The molecular formula is C18H14Cl2NO3P. The summed E-state index contributed by atoms with van der Waals surface area (Å²) in [5.41, 5.74) is 9.24. The molecule has 0 spiro atoms. The highest BCUT2D eigenvalue weighted by Gasteiger charge is 2.33. The van der Waals surface area contributed by atoms with Crippen molar-refractivity contribution in [2.75, 3.05) is 0 Å². The number of carbonyl (C=O) groups excluding carboxylic acids is 1. The van der Waals surface area contributed by atoms with Gasteiger partial charge in [-0.15, -0.1) is 0 Å². The third-order valence-electron chi connectivity index (χ3n) is 3.98. The molecule has 0 radical (unpaired) electrons. The van der Waals surface area contributed by atoms with Crippen molar-refractivity contribution in [2.45, 2.75) is 18.8 Å². The number of hydrogen-bond acceptors (Lipinski definition) is 3. The molecule has 3 rings (SSSR count). The molecule has 2 aromatic carbocycles. The van der Waals surface area contributed by atoms with Crippen LogP contribution < -0.4 is 15.9 Å². The predicted octanol–water partition coefficient (Wildman–Crippen LogP) is 3.09. The lowest BCUT2D eigenvalue weighted by Crippen LogP contribution is -2.13. The van der Waals surface area contributed by atoms with Gasteiger partial charge in [-0.1, -0.05) is 41.4 Å². The van der Waals surface area contributed by atoms with E-state index in [-0.39, 0.29) is 27.3 Å². The van der Waals surface area contributed by atoms with E-state index in [2.05, 4.69) is 5.45 Å². The van der Waals surface area contributed by atoms with E-state index in [9.17, 15) is 14.8 Å². The molecule has 0 bridgehead atoms. The first kappa shape index (κ1) is 18.0. The monoisotopic (exact) mass is 393 g/mol. The van der Waals surface area contributed by atoms with Crippen LogP contribution in [0.5, 0.6) is 5.75 Å². The molecule has 2 aromatic rings. The third-order valence-corrected chi connectivity index (χ3v) is 5.97. The zero-order valence-electron chi connectivity index (χ0n) is 13.0. The van der Waals surface area contributed by atoms with Gasteiger partial charge in [0.05, 0.1) is 5.02 Å². The number of halogens is 2. The van der Waals surface area contributed by atoms with E-state index in [1.165, 1.54) is 6.07 Å². The lowest BCUT2D eigenvalue weighted by atomic mass is 10.1. The quantitative estimate of drug-likeness (QED) is 0.782. The van der Waals surface area contributed by atoms with Gasteiger partial charge < -0.3 is 15.7 Å². The Morgan fingerprint density at radius 3 is 2.48 bits per heavy atom. The number of phenolic OH excluding ortho intramolecular Hbond substituents is 1. The SMILES string of the molecule is NC(=O)c1ccccc1C(Cl)=C=[P+]([O-])c1ccc(Cl)c(O)c1C1CC1. The fourth-order valence-corrected chi connectivity index (χ4v) is 4.32. The third kappa shape index (κ3) is 3.74. The summed E-state index contributed by atoms with van der Waals surface area (Å²) in [4.78, 5) is 24.3. The van der Waals surface area contributed by atoms with Crippen molar-refractivity contribution in [1.82, 2.24) is 0 Å². The molecule has 0 aromatic heterocycles. The van der Waals surface area contributed by atoms with E-state index in [0.29, 0.717) is 16.4 Å². The first-order valence-corrected chi connectivity index (χ1v) is 9.58. The van der Waals surface area contributed by atoms with Crippen LogP contribution in [0.3, 0.4) is 0 Å². The smallest absolute Gasteiger partial charge is 0.249 e. The summed E-state index contributed by atoms with van der Waals surface area (Å²) in [7, 11) is -2.15. The van der Waals surface area contributed by atoms with E-state index in [1.807, 2.05) is 0 Å². The van der Waals surface area contributed by atoms with Crippen molar-refractivity contribution < 1.29 is 14.8 Å². The molecule has 4 nitrogen and oxygen atoms in total. The maximum Gasteiger partial charge on any atom is 0.249 e. The van der Waals surface area contributed by atoms with Gasteiger partial charge in [0.1, 0.15) is 24.0 Å². The fraction of sp³-hybridized carbons (Fsp3) is 0.167. The number of nitrogens with two attached hydrogens (primary N) is 1. The number of amides is 1. The van der Waals surface area contributed by atoms with Gasteiger partial charge in [-0.25, -0.2) is 0 Å². The number of rotatable bonds is 4. The van der Waals surface area contributed by atoms with Crippen LogP contribution in [-0.4, -0.2) is 16.5 Å². The van der Waals surface area contributed by atoms with E-state index in [1.54, 1.807) is 30.3 Å². The van der Waals surface area contributed by atoms with E-state index < -0.39 is 13.7 Å². The Hall–Kier alpha value is -1.80. The van der Waals surface area contributed by atoms with Crippen LogP contribution in [0.2, 0.25) is 5.02 Å². The number of aromatic hydroxyl groups is 1. The number of phenols is 1. The van der Waals surface area contributed by atoms with Crippen LogP contribution >= 0.6 is 31.0 Å². The highest BCUT2D eigenvalue weighted by molar-refractivity contribution is 7.58. The highest BCUT2D eigenvalue weighted by Crippen LogP contribution is 2.46. The normalized spacial score (nSPS) is 14.0. The Bertz CT molecular complexity index is 932. The maximum atomic E-state index is 12.8. The molecule has 0 saturated heterocycles. The molecule has 1 atom stereocenters. The molecule has 1 unspecified atom stereocenters. The average Bonchev–Trinajstić information content (AvgIpc) is 3.41. The molecule has 128 valence electrons. The predicted molar refractivity (Wildman–Crippen MR) is 101 cm³/mol. The standard InChI is InChI=1S/C18H14Cl2NO3P/c19-13-7-8-15(16(17(13)22)10-5-6-10)25(24)9-14(20)11-3-1-2-4-12(11)18(21)23/h1-4,7-8,10,22H,5-6H2,(H2,21,23). The Labute approximate surface area is 156 Å². The van der Waals surface area contributed by atoms with Gasteiger partial charge in [0.15, 0.2) is 5.30 Å². The highest BCUT2D eigenvalue weighted by atomic mass is 35.5. The van der Waals surface area contributed by atoms with Gasteiger partial charge in [0.2, 0.25) is 5.91 Å². The zero-order chi connectivity index (χ0) is 18.1. The fourth-order valence-electron chi connectivity index (χ4n) is 2.62. The number of hydrogen-bond donors (Lipinski definition) is 2. The minimum Gasteiger partial charge on any atom is -0.618 e. The van der Waals surface area contributed by atoms with E-state index in [0.717, 1.165) is 12.8 Å². The average molecular weight is 394 g/mol. The zero-order valence-corrected chi connectivity index (χ0v) is 15.4. The number of carbonyl (C=O) groups is 1. The van der Waals surface area contributed by atoms with E-state index >= 15 is 0 Å². The second-order valence-electron chi connectivity index (χ2n) is 5.73. The minimum absolute atomic E-state index is 0.0412. The summed E-state index contributed by atoms with van der Waals surface area (Å²) in [6, 6.07) is 9.63. The van der Waals surface area contributed by atoms with Crippen LogP contribution in [0.25, 0.3) is 5.03 Å². The molecule has 1 aliphatic rings. The van der Waals surface area contributed by atoms with Crippen molar-refractivity contribution in [3.8, 4) is 5.75 Å². The van der Waals surface area contributed by atoms with Gasteiger partial charge in [0.25, 0.3) is 0 Å². The van der Waals surface area contributed by atoms with Crippen LogP contribution in [0.1, 0.15) is 40.2 Å². The van der Waals surface area contributed by atoms with Crippen molar-refractivity contribution in [2.24, 2.45) is 5.73 Å². The summed E-state index contributed by atoms with van der Waals surface area (Å²) in [5, 5.41) is 10.9. The Morgan fingerprint density at radius 2 is 1.88 bits per heavy atom. The second kappa shape index (κ2) is 7.21. The second-order valence-corrected chi connectivity index (χ2v) is 7.81. The maximum absolute atomic E-state index is 12.8. The first-order valence-electron chi connectivity index (χ1n) is 7.57.